The van der Waals surface area contributed by atoms with Crippen molar-refractivity contribution in [2.24, 2.45) is 4.99 Å². The molecule has 3 amide bonds. The smallest absolute Gasteiger partial charge is 0.328 e. The Morgan fingerprint density at radius 3 is 2.52 bits per heavy atom. The van der Waals surface area contributed by atoms with Crippen molar-refractivity contribution >= 4 is 23.6 Å². The Morgan fingerprint density at radius 2 is 1.85 bits per heavy atom. The first kappa shape index (κ1) is 17.8. The minimum Gasteiger partial charge on any atom is -0.383 e. The first-order valence-electron chi connectivity index (χ1n) is 9.19. The molecule has 2 fully saturated rings. The van der Waals surface area contributed by atoms with Crippen LogP contribution in [-0.2, 0) is 9.53 Å². The second-order valence-electron chi connectivity index (χ2n) is 7.35. The van der Waals surface area contributed by atoms with Crippen molar-refractivity contribution in [3.05, 3.63) is 29.3 Å². The number of hydrogen-bond donors (Lipinski definition) is 0. The number of carbonyl (C=O) groups is 2. The van der Waals surface area contributed by atoms with Crippen molar-refractivity contribution in [3.8, 4) is 0 Å². The van der Waals surface area contributed by atoms with Crippen LogP contribution in [0.4, 0.5) is 10.5 Å². The van der Waals surface area contributed by atoms with E-state index in [0.29, 0.717) is 13.2 Å². The van der Waals surface area contributed by atoms with Crippen molar-refractivity contribution in [2.75, 3.05) is 45.3 Å². The van der Waals surface area contributed by atoms with Gasteiger partial charge in [-0.1, -0.05) is 6.07 Å². The highest BCUT2D eigenvalue weighted by molar-refractivity contribution is 6.08. The number of rotatable bonds is 4. The SMILES string of the molecule is COCCN1C(=O)C2C(N=C3N(c4cc(C)cc(C)c4)CCN32)N(C)C1=O. The van der Waals surface area contributed by atoms with Gasteiger partial charge in [-0.15, -0.1) is 0 Å². The molecular weight excluding hydrogens is 346 g/mol. The molecular formula is C19H25N5O3. The Balaban J connectivity index is 1.65. The van der Waals surface area contributed by atoms with Gasteiger partial charge in [0.2, 0.25) is 5.96 Å². The quantitative estimate of drug-likeness (QED) is 0.791. The summed E-state index contributed by atoms with van der Waals surface area (Å²) in [7, 11) is 3.27. The molecule has 2 saturated heterocycles. The van der Waals surface area contributed by atoms with Gasteiger partial charge in [0, 0.05) is 32.9 Å². The van der Waals surface area contributed by atoms with E-state index in [1.54, 1.807) is 19.1 Å². The zero-order valence-electron chi connectivity index (χ0n) is 16.2. The minimum atomic E-state index is -0.479. The summed E-state index contributed by atoms with van der Waals surface area (Å²) in [5.74, 6) is 0.581. The van der Waals surface area contributed by atoms with Crippen molar-refractivity contribution in [1.29, 1.82) is 0 Å². The summed E-state index contributed by atoms with van der Waals surface area (Å²) in [4.78, 5) is 37.5. The van der Waals surface area contributed by atoms with Crippen LogP contribution >= 0.6 is 0 Å². The Labute approximate surface area is 159 Å². The number of guanidine groups is 1. The molecule has 0 radical (unpaired) electrons. The molecule has 27 heavy (non-hydrogen) atoms. The second-order valence-corrected chi connectivity index (χ2v) is 7.35. The Bertz CT molecular complexity index is 803. The van der Waals surface area contributed by atoms with E-state index in [4.69, 9.17) is 9.73 Å². The number of hydrogen-bond acceptors (Lipinski definition) is 6. The maximum atomic E-state index is 13.1. The van der Waals surface area contributed by atoms with Gasteiger partial charge in [0.1, 0.15) is 0 Å². The zero-order chi connectivity index (χ0) is 19.3. The minimum absolute atomic E-state index is 0.193. The number of urea groups is 1. The molecule has 8 nitrogen and oxygen atoms in total. The fourth-order valence-corrected chi connectivity index (χ4v) is 4.18. The number of amides is 3. The summed E-state index contributed by atoms with van der Waals surface area (Å²) < 4.78 is 5.06. The van der Waals surface area contributed by atoms with Gasteiger partial charge >= 0.3 is 6.03 Å². The molecule has 3 aliphatic heterocycles. The molecule has 2 unspecified atom stereocenters. The molecule has 3 heterocycles. The summed E-state index contributed by atoms with van der Waals surface area (Å²) in [6.45, 7) is 6.21. The summed E-state index contributed by atoms with van der Waals surface area (Å²) >= 11 is 0. The van der Waals surface area contributed by atoms with E-state index in [-0.39, 0.29) is 18.5 Å². The first-order chi connectivity index (χ1) is 12.9. The summed E-state index contributed by atoms with van der Waals surface area (Å²) in [6.07, 6.45) is -0.479. The molecule has 0 saturated carbocycles. The lowest BCUT2D eigenvalue weighted by Crippen LogP contribution is -2.65. The van der Waals surface area contributed by atoms with E-state index >= 15 is 0 Å². The average molecular weight is 371 g/mol. The number of aryl methyl sites for hydroxylation is 2. The van der Waals surface area contributed by atoms with Gasteiger partial charge in [-0.2, -0.15) is 0 Å². The lowest BCUT2D eigenvalue weighted by atomic mass is 10.1. The molecule has 3 aliphatic rings. The fourth-order valence-electron chi connectivity index (χ4n) is 4.18. The van der Waals surface area contributed by atoms with Gasteiger partial charge in [-0.05, 0) is 37.1 Å². The highest BCUT2D eigenvalue weighted by atomic mass is 16.5. The predicted molar refractivity (Wildman–Crippen MR) is 102 cm³/mol. The molecule has 144 valence electrons. The highest BCUT2D eigenvalue weighted by Gasteiger charge is 2.54. The lowest BCUT2D eigenvalue weighted by Gasteiger charge is -2.40. The number of likely N-dealkylation sites (N-methyl/N-ethyl adjacent to an activating group) is 1. The van der Waals surface area contributed by atoms with E-state index in [9.17, 15) is 9.59 Å². The lowest BCUT2D eigenvalue weighted by molar-refractivity contribution is -0.137. The van der Waals surface area contributed by atoms with Crippen molar-refractivity contribution < 1.29 is 14.3 Å². The van der Waals surface area contributed by atoms with E-state index in [1.807, 2.05) is 4.90 Å². The van der Waals surface area contributed by atoms with Crippen LogP contribution in [0.2, 0.25) is 0 Å². The maximum absolute atomic E-state index is 13.1. The number of aliphatic imine (C=N–C) groups is 1. The van der Waals surface area contributed by atoms with Crippen molar-refractivity contribution in [3.63, 3.8) is 0 Å². The second kappa shape index (κ2) is 6.53. The number of carbonyl (C=O) groups excluding carboxylic acids is 2. The van der Waals surface area contributed by atoms with Crippen LogP contribution in [0.3, 0.4) is 0 Å². The van der Waals surface area contributed by atoms with Gasteiger partial charge in [-0.25, -0.2) is 9.79 Å². The average Bonchev–Trinajstić information content (AvgIpc) is 3.18. The third-order valence-corrected chi connectivity index (χ3v) is 5.41. The van der Waals surface area contributed by atoms with E-state index < -0.39 is 12.2 Å². The molecule has 2 atom stereocenters. The Kier molecular flexibility index (Phi) is 4.30. The largest absolute Gasteiger partial charge is 0.383 e. The van der Waals surface area contributed by atoms with Crippen LogP contribution in [-0.4, -0.2) is 85.2 Å². The highest BCUT2D eigenvalue weighted by Crippen LogP contribution is 2.33. The maximum Gasteiger partial charge on any atom is 0.328 e. The van der Waals surface area contributed by atoms with Gasteiger partial charge in [0.25, 0.3) is 5.91 Å². The molecule has 8 heteroatoms. The monoisotopic (exact) mass is 371 g/mol. The van der Waals surface area contributed by atoms with Gasteiger partial charge in [0.05, 0.1) is 13.2 Å². The molecule has 0 aliphatic carbocycles. The summed E-state index contributed by atoms with van der Waals surface area (Å²) in [5.41, 5.74) is 3.45. The predicted octanol–water partition coefficient (Wildman–Crippen LogP) is 1.03. The van der Waals surface area contributed by atoms with Crippen molar-refractivity contribution in [2.45, 2.75) is 26.1 Å². The molecule has 1 aromatic carbocycles. The molecule has 0 spiro atoms. The number of imide groups is 1. The van der Waals surface area contributed by atoms with Gasteiger partial charge in [-0.3, -0.25) is 9.69 Å². The molecule has 0 aromatic heterocycles. The normalized spacial score (nSPS) is 24.5. The van der Waals surface area contributed by atoms with Crippen LogP contribution in [0, 0.1) is 13.8 Å². The number of ether oxygens (including phenoxy) is 1. The number of methoxy groups -OCH3 is 1. The van der Waals surface area contributed by atoms with Crippen molar-refractivity contribution in [1.82, 2.24) is 14.7 Å². The number of fused-ring (bicyclic) bond motifs is 3. The Morgan fingerprint density at radius 1 is 1.15 bits per heavy atom. The van der Waals surface area contributed by atoms with Crippen LogP contribution in [0.5, 0.6) is 0 Å². The number of anilines is 1. The standard InChI is InChI=1S/C19H25N5O3/c1-12-9-13(2)11-14(10-12)22-5-6-23-15-16(20-18(22)23)21(3)19(26)24(17(15)25)7-8-27-4/h9-11,15-16H,5-8H2,1-4H3. The van der Waals surface area contributed by atoms with Crippen LogP contribution in [0.1, 0.15) is 11.1 Å². The summed E-state index contributed by atoms with van der Waals surface area (Å²) in [6, 6.07) is 5.61. The topological polar surface area (TPSA) is 68.7 Å². The van der Waals surface area contributed by atoms with E-state index in [1.165, 1.54) is 16.0 Å². The van der Waals surface area contributed by atoms with Gasteiger partial charge in [0.15, 0.2) is 12.2 Å². The van der Waals surface area contributed by atoms with Crippen LogP contribution < -0.4 is 4.90 Å². The molecule has 1 aromatic rings. The molecule has 4 rings (SSSR count). The number of nitrogens with zero attached hydrogens (tertiary/aromatic N) is 5. The van der Waals surface area contributed by atoms with Gasteiger partial charge < -0.3 is 19.4 Å². The fraction of sp³-hybridized carbons (Fsp3) is 0.526. The summed E-state index contributed by atoms with van der Waals surface area (Å²) in [5, 5.41) is 0. The molecule has 0 bridgehead atoms. The van der Waals surface area contributed by atoms with Crippen LogP contribution in [0.25, 0.3) is 0 Å². The first-order valence-corrected chi connectivity index (χ1v) is 9.19. The molecule has 0 N–H and O–H groups in total. The van der Waals surface area contributed by atoms with E-state index in [0.717, 1.165) is 18.2 Å². The third kappa shape index (κ3) is 2.75. The zero-order valence-corrected chi connectivity index (χ0v) is 16.2. The Hall–Kier alpha value is -2.61. The van der Waals surface area contributed by atoms with E-state index in [2.05, 4.69) is 36.9 Å². The number of benzene rings is 1. The van der Waals surface area contributed by atoms with Crippen LogP contribution in [0.15, 0.2) is 23.2 Å². The third-order valence-electron chi connectivity index (χ3n) is 5.41.